The number of amides is 2. The molecular weight excluding hydrogens is 387 g/mol. The van der Waals surface area contributed by atoms with Gasteiger partial charge in [0.2, 0.25) is 5.91 Å². The van der Waals surface area contributed by atoms with Crippen LogP contribution >= 0.6 is 35.0 Å². The molecule has 0 bridgehead atoms. The molecule has 2 aliphatic rings. The maximum Gasteiger partial charge on any atom is 0.330 e. The van der Waals surface area contributed by atoms with Crippen LogP contribution in [0.2, 0.25) is 10.0 Å². The highest BCUT2D eigenvalue weighted by atomic mass is 35.5. The largest absolute Gasteiger partial charge is 0.454 e. The van der Waals surface area contributed by atoms with Gasteiger partial charge in [0.05, 0.1) is 14.9 Å². The summed E-state index contributed by atoms with van der Waals surface area (Å²) in [4.78, 5) is 37.5. The number of hydrogen-bond acceptors (Lipinski definition) is 5. The maximum absolute atomic E-state index is 12.3. The number of thioether (sulfide) groups is 1. The lowest BCUT2D eigenvalue weighted by Gasteiger charge is -2.29. The third kappa shape index (κ3) is 3.73. The van der Waals surface area contributed by atoms with Crippen LogP contribution in [0.1, 0.15) is 19.8 Å². The Bertz CT molecular complexity index is 745. The zero-order chi connectivity index (χ0) is 18.2. The van der Waals surface area contributed by atoms with Crippen molar-refractivity contribution in [3.63, 3.8) is 0 Å². The van der Waals surface area contributed by atoms with Crippen LogP contribution in [0.5, 0.6) is 0 Å². The van der Waals surface area contributed by atoms with Crippen molar-refractivity contribution in [2.75, 3.05) is 17.7 Å². The fourth-order valence-corrected chi connectivity index (χ4v) is 4.71. The molecule has 0 saturated carbocycles. The summed E-state index contributed by atoms with van der Waals surface area (Å²) in [7, 11) is 0. The molecule has 0 aromatic heterocycles. The van der Waals surface area contributed by atoms with Gasteiger partial charge in [-0.3, -0.25) is 9.59 Å². The molecule has 0 radical (unpaired) electrons. The molecule has 0 unspecified atom stereocenters. The smallest absolute Gasteiger partial charge is 0.330 e. The number of esters is 1. The molecule has 1 aromatic rings. The van der Waals surface area contributed by atoms with Gasteiger partial charge in [-0.25, -0.2) is 4.79 Å². The Hall–Kier alpha value is -1.44. The molecule has 2 aliphatic heterocycles. The summed E-state index contributed by atoms with van der Waals surface area (Å²) in [6.07, 6.45) is 1.16. The summed E-state index contributed by atoms with van der Waals surface area (Å²) in [6, 6.07) is 4.02. The second kappa shape index (κ2) is 7.05. The first-order chi connectivity index (χ1) is 11.8. The second-order valence-electron chi connectivity index (χ2n) is 6.05. The molecule has 134 valence electrons. The van der Waals surface area contributed by atoms with Gasteiger partial charge >= 0.3 is 5.97 Å². The van der Waals surface area contributed by atoms with Crippen molar-refractivity contribution in [2.45, 2.75) is 30.7 Å². The highest BCUT2D eigenvalue weighted by Gasteiger charge is 2.53. The van der Waals surface area contributed by atoms with Crippen molar-refractivity contribution in [3.8, 4) is 0 Å². The lowest BCUT2D eigenvalue weighted by atomic mass is 10.2. The highest BCUT2D eigenvalue weighted by Crippen LogP contribution is 2.47. The highest BCUT2D eigenvalue weighted by molar-refractivity contribution is 8.01. The average Bonchev–Trinajstić information content (AvgIpc) is 3.05. The van der Waals surface area contributed by atoms with Crippen LogP contribution in [0.4, 0.5) is 5.69 Å². The fourth-order valence-electron chi connectivity index (χ4n) is 3.00. The first kappa shape index (κ1) is 18.4. The van der Waals surface area contributed by atoms with Gasteiger partial charge in [-0.05, 0) is 31.5 Å². The molecule has 2 fully saturated rings. The standard InChI is InChI=1S/C16H16Cl2N2O4S/c1-16-5-4-14(22)20(16)12(8-25-16)15(23)24-7-13(21)19-9-2-3-10(17)11(18)6-9/h2-3,6,12H,4-5,7-8H2,1H3,(H,19,21)/t12-,16+/m0/s1. The molecule has 25 heavy (non-hydrogen) atoms. The first-order valence-electron chi connectivity index (χ1n) is 7.68. The van der Waals surface area contributed by atoms with Crippen molar-refractivity contribution >= 4 is 58.4 Å². The monoisotopic (exact) mass is 402 g/mol. The molecule has 2 amide bonds. The summed E-state index contributed by atoms with van der Waals surface area (Å²) < 4.78 is 5.10. The number of rotatable bonds is 4. The van der Waals surface area contributed by atoms with E-state index in [1.165, 1.54) is 6.07 Å². The van der Waals surface area contributed by atoms with Crippen LogP contribution in [0.3, 0.4) is 0 Å². The number of nitrogens with zero attached hydrogens (tertiary/aromatic N) is 1. The van der Waals surface area contributed by atoms with Crippen molar-refractivity contribution in [1.29, 1.82) is 0 Å². The van der Waals surface area contributed by atoms with Crippen LogP contribution in [-0.2, 0) is 19.1 Å². The predicted octanol–water partition coefficient (Wildman–Crippen LogP) is 2.93. The predicted molar refractivity (Wildman–Crippen MR) is 96.8 cm³/mol. The minimum atomic E-state index is -0.636. The number of fused-ring (bicyclic) bond motifs is 1. The van der Waals surface area contributed by atoms with Gasteiger partial charge in [0.25, 0.3) is 5.91 Å². The average molecular weight is 403 g/mol. The van der Waals surface area contributed by atoms with E-state index in [-0.39, 0.29) is 10.8 Å². The summed E-state index contributed by atoms with van der Waals surface area (Å²) in [6.45, 7) is 1.52. The lowest BCUT2D eigenvalue weighted by Crippen LogP contribution is -2.47. The first-order valence-corrected chi connectivity index (χ1v) is 9.42. The van der Waals surface area contributed by atoms with Gasteiger partial charge in [0.15, 0.2) is 6.61 Å². The Morgan fingerprint density at radius 2 is 2.16 bits per heavy atom. The van der Waals surface area contributed by atoms with E-state index in [2.05, 4.69) is 5.32 Å². The minimum absolute atomic E-state index is 0.0466. The number of carbonyl (C=O) groups excluding carboxylic acids is 3. The summed E-state index contributed by atoms with van der Waals surface area (Å²) in [5, 5.41) is 3.26. The van der Waals surface area contributed by atoms with E-state index < -0.39 is 24.5 Å². The van der Waals surface area contributed by atoms with Gasteiger partial charge < -0.3 is 15.0 Å². The molecule has 2 saturated heterocycles. The Balaban J connectivity index is 1.54. The molecular formula is C16H16Cl2N2O4S. The van der Waals surface area contributed by atoms with Gasteiger partial charge in [0, 0.05) is 17.9 Å². The van der Waals surface area contributed by atoms with E-state index in [1.807, 2.05) is 6.92 Å². The van der Waals surface area contributed by atoms with Gasteiger partial charge in [-0.1, -0.05) is 23.2 Å². The van der Waals surface area contributed by atoms with Crippen LogP contribution in [0.25, 0.3) is 0 Å². The molecule has 6 nitrogen and oxygen atoms in total. The lowest BCUT2D eigenvalue weighted by molar-refractivity contribution is -0.155. The summed E-state index contributed by atoms with van der Waals surface area (Å²) in [5.74, 6) is -0.617. The summed E-state index contributed by atoms with van der Waals surface area (Å²) >= 11 is 13.3. The number of nitrogens with one attached hydrogen (secondary N) is 1. The van der Waals surface area contributed by atoms with E-state index >= 15 is 0 Å². The molecule has 1 aromatic carbocycles. The number of halogens is 2. The molecule has 2 heterocycles. The quantitative estimate of drug-likeness (QED) is 0.783. The SMILES string of the molecule is C[C@@]12CCC(=O)N1[C@H](C(=O)OCC(=O)Nc1ccc(Cl)c(Cl)c1)CS2. The van der Waals surface area contributed by atoms with E-state index in [4.69, 9.17) is 27.9 Å². The van der Waals surface area contributed by atoms with Crippen molar-refractivity contribution in [1.82, 2.24) is 4.90 Å². The number of ether oxygens (including phenoxy) is 1. The number of anilines is 1. The Labute approximate surface area is 159 Å². The molecule has 0 aliphatic carbocycles. The second-order valence-corrected chi connectivity index (χ2v) is 8.37. The van der Waals surface area contributed by atoms with Crippen LogP contribution in [0, 0.1) is 0 Å². The number of benzene rings is 1. The van der Waals surface area contributed by atoms with E-state index in [1.54, 1.807) is 28.8 Å². The van der Waals surface area contributed by atoms with Gasteiger partial charge in [0.1, 0.15) is 6.04 Å². The number of hydrogen-bond donors (Lipinski definition) is 1. The molecule has 2 atom stereocenters. The topological polar surface area (TPSA) is 75.7 Å². The van der Waals surface area contributed by atoms with E-state index in [0.29, 0.717) is 27.9 Å². The third-order valence-electron chi connectivity index (χ3n) is 4.27. The van der Waals surface area contributed by atoms with Crippen LogP contribution in [-0.4, -0.2) is 46.0 Å². The van der Waals surface area contributed by atoms with Crippen molar-refractivity contribution in [2.24, 2.45) is 0 Å². The Morgan fingerprint density at radius 3 is 2.88 bits per heavy atom. The Morgan fingerprint density at radius 1 is 1.40 bits per heavy atom. The van der Waals surface area contributed by atoms with Gasteiger partial charge in [-0.2, -0.15) is 0 Å². The normalized spacial score (nSPS) is 25.0. The van der Waals surface area contributed by atoms with Crippen LogP contribution < -0.4 is 5.32 Å². The molecule has 3 rings (SSSR count). The fraction of sp³-hybridized carbons (Fsp3) is 0.438. The van der Waals surface area contributed by atoms with Crippen molar-refractivity contribution < 1.29 is 19.1 Å². The van der Waals surface area contributed by atoms with Crippen molar-refractivity contribution in [3.05, 3.63) is 28.2 Å². The zero-order valence-corrected chi connectivity index (χ0v) is 15.7. The number of carbonyl (C=O) groups is 3. The van der Waals surface area contributed by atoms with E-state index in [0.717, 1.165) is 6.42 Å². The summed E-state index contributed by atoms with van der Waals surface area (Å²) in [5.41, 5.74) is 0.453. The molecule has 9 heteroatoms. The molecule has 0 spiro atoms. The zero-order valence-electron chi connectivity index (χ0n) is 13.4. The van der Waals surface area contributed by atoms with Crippen LogP contribution in [0.15, 0.2) is 18.2 Å². The maximum atomic E-state index is 12.3. The van der Waals surface area contributed by atoms with E-state index in [9.17, 15) is 14.4 Å². The van der Waals surface area contributed by atoms with Gasteiger partial charge in [-0.15, -0.1) is 11.8 Å². The molecule has 1 N–H and O–H groups in total. The minimum Gasteiger partial charge on any atom is -0.454 e. The Kier molecular flexibility index (Phi) is 5.18. The third-order valence-corrected chi connectivity index (χ3v) is 6.51.